The van der Waals surface area contributed by atoms with Gasteiger partial charge >= 0.3 is 0 Å². The van der Waals surface area contributed by atoms with Crippen LogP contribution in [-0.4, -0.2) is 22.4 Å². The number of nitriles is 1. The van der Waals surface area contributed by atoms with Crippen LogP contribution in [0, 0.1) is 29.1 Å². The van der Waals surface area contributed by atoms with Crippen LogP contribution in [0.2, 0.25) is 0 Å². The molecule has 0 heterocycles. The van der Waals surface area contributed by atoms with Crippen LogP contribution in [-0.2, 0) is 0 Å². The first-order chi connectivity index (χ1) is 5.74. The van der Waals surface area contributed by atoms with Gasteiger partial charge < -0.3 is 10.2 Å². The Morgan fingerprint density at radius 3 is 2.50 bits per heavy atom. The van der Waals surface area contributed by atoms with Crippen LogP contribution in [0.3, 0.4) is 0 Å². The molecular formula is C9H13NO2. The van der Waals surface area contributed by atoms with E-state index in [0.717, 1.165) is 19.3 Å². The van der Waals surface area contributed by atoms with Gasteiger partial charge in [-0.15, -0.1) is 0 Å². The normalized spacial score (nSPS) is 51.9. The Bertz CT molecular complexity index is 221. The van der Waals surface area contributed by atoms with Crippen LogP contribution in [0.1, 0.15) is 19.3 Å². The third kappa shape index (κ3) is 0.954. The molecule has 0 radical (unpaired) electrons. The highest BCUT2D eigenvalue weighted by atomic mass is 16.3. The maximum atomic E-state index is 9.57. The van der Waals surface area contributed by atoms with Crippen molar-refractivity contribution in [3.8, 4) is 6.07 Å². The minimum atomic E-state index is -0.651. The van der Waals surface area contributed by atoms with Crippen molar-refractivity contribution in [1.82, 2.24) is 0 Å². The average molecular weight is 167 g/mol. The summed E-state index contributed by atoms with van der Waals surface area (Å²) in [7, 11) is 0. The zero-order valence-electron chi connectivity index (χ0n) is 6.85. The molecule has 3 fully saturated rings. The average Bonchev–Trinajstić information content (AvgIpc) is 2.12. The highest BCUT2D eigenvalue weighted by molar-refractivity contribution is 5.04. The molecule has 0 aliphatic heterocycles. The Balaban J connectivity index is 2.19. The molecule has 3 aliphatic carbocycles. The maximum Gasteiger partial charge on any atom is 0.0842 e. The van der Waals surface area contributed by atoms with E-state index in [1.807, 2.05) is 0 Å². The van der Waals surface area contributed by atoms with Crippen molar-refractivity contribution in [2.75, 3.05) is 0 Å². The van der Waals surface area contributed by atoms with E-state index in [9.17, 15) is 10.2 Å². The molecule has 12 heavy (non-hydrogen) atoms. The molecule has 3 rings (SSSR count). The van der Waals surface area contributed by atoms with Crippen LogP contribution in [0.4, 0.5) is 0 Å². The van der Waals surface area contributed by atoms with E-state index in [-0.39, 0.29) is 17.8 Å². The highest BCUT2D eigenvalue weighted by Gasteiger charge is 2.47. The quantitative estimate of drug-likeness (QED) is 0.544. The maximum absolute atomic E-state index is 9.57. The molecule has 3 heteroatoms. The monoisotopic (exact) mass is 167 g/mol. The van der Waals surface area contributed by atoms with Gasteiger partial charge in [0.1, 0.15) is 0 Å². The molecule has 3 saturated carbocycles. The van der Waals surface area contributed by atoms with Gasteiger partial charge in [-0.2, -0.15) is 5.26 Å². The summed E-state index contributed by atoms with van der Waals surface area (Å²) < 4.78 is 0. The third-order valence-electron chi connectivity index (χ3n) is 3.38. The molecule has 0 aromatic heterocycles. The summed E-state index contributed by atoms with van der Waals surface area (Å²) in [6, 6.07) is 2.22. The standard InChI is InChI=1S/C9H13NO2/c10-4-6-3-5-1-2-7(6)9(12)8(5)11/h5-9,11-12H,1-3H2/t5-,6-,7+,8+,9-/m1/s1. The molecule has 2 N–H and O–H groups in total. The molecule has 2 bridgehead atoms. The van der Waals surface area contributed by atoms with Crippen molar-refractivity contribution in [2.24, 2.45) is 17.8 Å². The van der Waals surface area contributed by atoms with Gasteiger partial charge in [0.15, 0.2) is 0 Å². The number of nitrogens with zero attached hydrogens (tertiary/aromatic N) is 1. The van der Waals surface area contributed by atoms with Crippen molar-refractivity contribution in [1.29, 1.82) is 5.26 Å². The molecular weight excluding hydrogens is 154 g/mol. The number of aliphatic hydroxyl groups is 2. The smallest absolute Gasteiger partial charge is 0.0842 e. The summed E-state index contributed by atoms with van der Waals surface area (Å²) in [6.07, 6.45) is 1.43. The molecule has 3 nitrogen and oxygen atoms in total. The second-order valence-corrected chi connectivity index (χ2v) is 3.95. The molecule has 0 spiro atoms. The lowest BCUT2D eigenvalue weighted by Gasteiger charge is -2.46. The zero-order chi connectivity index (χ0) is 8.72. The lowest BCUT2D eigenvalue weighted by Crippen LogP contribution is -2.51. The molecule has 0 saturated heterocycles. The fourth-order valence-electron chi connectivity index (χ4n) is 2.63. The number of fused-ring (bicyclic) bond motifs is 3. The Morgan fingerprint density at radius 1 is 1.17 bits per heavy atom. The molecule has 0 amide bonds. The van der Waals surface area contributed by atoms with Crippen LogP contribution in [0.25, 0.3) is 0 Å². The second-order valence-electron chi connectivity index (χ2n) is 3.95. The SMILES string of the molecule is N#C[C@H]1C[C@H]2CC[C@@H]1[C@@H](O)[C@H]2O. The Hall–Kier alpha value is -0.590. The van der Waals surface area contributed by atoms with Gasteiger partial charge in [-0.1, -0.05) is 0 Å². The number of hydrogen-bond donors (Lipinski definition) is 2. The van der Waals surface area contributed by atoms with E-state index >= 15 is 0 Å². The number of aliphatic hydroxyl groups excluding tert-OH is 2. The lowest BCUT2D eigenvalue weighted by atomic mass is 9.62. The summed E-state index contributed by atoms with van der Waals surface area (Å²) in [6.45, 7) is 0. The fourth-order valence-corrected chi connectivity index (χ4v) is 2.63. The van der Waals surface area contributed by atoms with Gasteiger partial charge in [-0.3, -0.25) is 0 Å². The van der Waals surface area contributed by atoms with E-state index in [1.54, 1.807) is 0 Å². The Morgan fingerprint density at radius 2 is 1.92 bits per heavy atom. The highest BCUT2D eigenvalue weighted by Crippen LogP contribution is 2.44. The Kier molecular flexibility index (Phi) is 1.82. The van der Waals surface area contributed by atoms with E-state index in [2.05, 4.69) is 6.07 Å². The van der Waals surface area contributed by atoms with Crippen LogP contribution in [0.5, 0.6) is 0 Å². The third-order valence-corrected chi connectivity index (χ3v) is 3.38. The molecule has 0 aromatic carbocycles. The van der Waals surface area contributed by atoms with Crippen LogP contribution < -0.4 is 0 Å². The first kappa shape index (κ1) is 8.03. The molecule has 0 unspecified atom stereocenters. The Labute approximate surface area is 71.6 Å². The van der Waals surface area contributed by atoms with Gasteiger partial charge in [-0.25, -0.2) is 0 Å². The molecule has 66 valence electrons. The predicted molar refractivity (Wildman–Crippen MR) is 41.9 cm³/mol. The van der Waals surface area contributed by atoms with Gasteiger partial charge in [-0.05, 0) is 25.2 Å². The van der Waals surface area contributed by atoms with Crippen LogP contribution in [0.15, 0.2) is 0 Å². The van der Waals surface area contributed by atoms with Gasteiger partial charge in [0.05, 0.1) is 24.2 Å². The predicted octanol–water partition coefficient (Wildman–Crippen LogP) is 0.278. The molecule has 3 aliphatic rings. The van der Waals surface area contributed by atoms with E-state index < -0.39 is 12.2 Å². The van der Waals surface area contributed by atoms with Crippen molar-refractivity contribution in [2.45, 2.75) is 31.5 Å². The minimum Gasteiger partial charge on any atom is -0.390 e. The van der Waals surface area contributed by atoms with Crippen molar-refractivity contribution in [3.63, 3.8) is 0 Å². The van der Waals surface area contributed by atoms with Crippen molar-refractivity contribution >= 4 is 0 Å². The van der Waals surface area contributed by atoms with Crippen molar-refractivity contribution in [3.05, 3.63) is 0 Å². The summed E-state index contributed by atoms with van der Waals surface area (Å²) in [5.41, 5.74) is 0. The summed E-state index contributed by atoms with van der Waals surface area (Å²) >= 11 is 0. The van der Waals surface area contributed by atoms with Crippen LogP contribution >= 0.6 is 0 Å². The molecule has 0 aromatic rings. The lowest BCUT2D eigenvalue weighted by molar-refractivity contribution is -0.122. The topological polar surface area (TPSA) is 64.2 Å². The summed E-state index contributed by atoms with van der Waals surface area (Å²) in [5.74, 6) is 0.159. The second kappa shape index (κ2) is 2.72. The largest absolute Gasteiger partial charge is 0.390 e. The van der Waals surface area contributed by atoms with Gasteiger partial charge in [0.2, 0.25) is 0 Å². The van der Waals surface area contributed by atoms with E-state index in [0.29, 0.717) is 0 Å². The number of rotatable bonds is 0. The van der Waals surface area contributed by atoms with E-state index in [4.69, 9.17) is 5.26 Å². The fraction of sp³-hybridized carbons (Fsp3) is 0.889. The van der Waals surface area contributed by atoms with E-state index in [1.165, 1.54) is 0 Å². The molecule has 5 atom stereocenters. The first-order valence-corrected chi connectivity index (χ1v) is 4.50. The van der Waals surface area contributed by atoms with Crippen molar-refractivity contribution < 1.29 is 10.2 Å². The summed E-state index contributed by atoms with van der Waals surface area (Å²) in [4.78, 5) is 0. The number of hydrogen-bond acceptors (Lipinski definition) is 3. The zero-order valence-corrected chi connectivity index (χ0v) is 6.85. The first-order valence-electron chi connectivity index (χ1n) is 4.50. The minimum absolute atomic E-state index is 0.0231. The van der Waals surface area contributed by atoms with Gasteiger partial charge in [0, 0.05) is 5.92 Å². The summed E-state index contributed by atoms with van der Waals surface area (Å²) in [5, 5.41) is 27.9. The van der Waals surface area contributed by atoms with Gasteiger partial charge in [0.25, 0.3) is 0 Å².